The highest BCUT2D eigenvalue weighted by Crippen LogP contribution is 2.32. The fourth-order valence-electron chi connectivity index (χ4n) is 1.73. The van der Waals surface area contributed by atoms with E-state index in [0.29, 0.717) is 28.4 Å². The molecule has 104 valence electrons. The fourth-order valence-corrected chi connectivity index (χ4v) is 1.73. The van der Waals surface area contributed by atoms with E-state index in [4.69, 9.17) is 15.2 Å². The number of rotatable bonds is 4. The molecule has 0 bridgehead atoms. The molecule has 0 saturated carbocycles. The second-order valence-corrected chi connectivity index (χ2v) is 3.98. The number of nitrogens with zero attached hydrogens (tertiary/aromatic N) is 1. The van der Waals surface area contributed by atoms with Crippen molar-refractivity contribution in [1.29, 1.82) is 0 Å². The zero-order chi connectivity index (χ0) is 14.5. The predicted octanol–water partition coefficient (Wildman–Crippen LogP) is 1.93. The van der Waals surface area contributed by atoms with Gasteiger partial charge in [-0.15, -0.1) is 0 Å². The maximum absolute atomic E-state index is 12.2. The number of carbonyl (C=O) groups excluding carboxylic acids is 1. The van der Waals surface area contributed by atoms with Crippen LogP contribution in [-0.2, 0) is 0 Å². The van der Waals surface area contributed by atoms with Crippen molar-refractivity contribution in [2.45, 2.75) is 0 Å². The Kier molecular flexibility index (Phi) is 4.05. The van der Waals surface area contributed by atoms with Crippen molar-refractivity contribution in [2.24, 2.45) is 0 Å². The van der Waals surface area contributed by atoms with Crippen LogP contribution in [-0.4, -0.2) is 25.1 Å². The summed E-state index contributed by atoms with van der Waals surface area (Å²) in [5, 5.41) is 2.73. The van der Waals surface area contributed by atoms with Crippen molar-refractivity contribution >= 4 is 17.3 Å². The van der Waals surface area contributed by atoms with Gasteiger partial charge < -0.3 is 20.5 Å². The van der Waals surface area contributed by atoms with Crippen molar-refractivity contribution in [1.82, 2.24) is 4.98 Å². The summed E-state index contributed by atoms with van der Waals surface area (Å²) in [5.74, 6) is 0.599. The molecule has 0 atom stereocenters. The molecule has 0 aliphatic heterocycles. The second-order valence-electron chi connectivity index (χ2n) is 3.98. The van der Waals surface area contributed by atoms with E-state index in [1.807, 2.05) is 0 Å². The smallest absolute Gasteiger partial charge is 0.257 e. The molecule has 0 unspecified atom stereocenters. The molecular formula is C14H15N3O3. The Morgan fingerprint density at radius 1 is 1.15 bits per heavy atom. The molecule has 1 aromatic heterocycles. The zero-order valence-electron chi connectivity index (χ0n) is 11.2. The van der Waals surface area contributed by atoms with E-state index in [2.05, 4.69) is 10.3 Å². The Morgan fingerprint density at radius 2 is 1.75 bits per heavy atom. The Hall–Kier alpha value is -2.76. The first-order chi connectivity index (χ1) is 9.65. The van der Waals surface area contributed by atoms with Crippen LogP contribution in [0.5, 0.6) is 11.5 Å². The number of methoxy groups -OCH3 is 2. The first-order valence-electron chi connectivity index (χ1n) is 5.88. The van der Waals surface area contributed by atoms with Crippen LogP contribution in [0.3, 0.4) is 0 Å². The molecule has 6 heteroatoms. The molecule has 20 heavy (non-hydrogen) atoms. The van der Waals surface area contributed by atoms with Gasteiger partial charge in [-0.2, -0.15) is 0 Å². The van der Waals surface area contributed by atoms with Crippen molar-refractivity contribution in [3.63, 3.8) is 0 Å². The van der Waals surface area contributed by atoms with Gasteiger partial charge in [0.2, 0.25) is 0 Å². The van der Waals surface area contributed by atoms with Gasteiger partial charge in [-0.25, -0.2) is 0 Å². The standard InChI is InChI=1S/C14H15N3O3/c1-19-12-7-10(11(15)8-13(12)20-2)14(18)17-9-3-5-16-6-4-9/h3-8H,15H2,1-2H3,(H,16,17,18). The number of anilines is 2. The average molecular weight is 273 g/mol. The fraction of sp³-hybridized carbons (Fsp3) is 0.143. The molecule has 0 saturated heterocycles. The number of hydrogen-bond acceptors (Lipinski definition) is 5. The van der Waals surface area contributed by atoms with Crippen molar-refractivity contribution < 1.29 is 14.3 Å². The van der Waals surface area contributed by atoms with E-state index >= 15 is 0 Å². The van der Waals surface area contributed by atoms with E-state index in [1.54, 1.807) is 36.7 Å². The van der Waals surface area contributed by atoms with Gasteiger partial charge in [-0.1, -0.05) is 0 Å². The van der Waals surface area contributed by atoms with Crippen LogP contribution in [0.4, 0.5) is 11.4 Å². The number of carbonyl (C=O) groups is 1. The van der Waals surface area contributed by atoms with Crippen molar-refractivity contribution in [2.75, 3.05) is 25.3 Å². The van der Waals surface area contributed by atoms with Gasteiger partial charge in [-0.3, -0.25) is 9.78 Å². The van der Waals surface area contributed by atoms with Crippen molar-refractivity contribution in [3.05, 3.63) is 42.2 Å². The summed E-state index contributed by atoms with van der Waals surface area (Å²) in [4.78, 5) is 16.1. The molecule has 3 N–H and O–H groups in total. The Bertz CT molecular complexity index is 615. The van der Waals surface area contributed by atoms with E-state index in [1.165, 1.54) is 14.2 Å². The van der Waals surface area contributed by atoms with Gasteiger partial charge >= 0.3 is 0 Å². The summed E-state index contributed by atoms with van der Waals surface area (Å²) >= 11 is 0. The zero-order valence-corrected chi connectivity index (χ0v) is 11.2. The van der Waals surface area contributed by atoms with E-state index in [9.17, 15) is 4.79 Å². The van der Waals surface area contributed by atoms with Crippen LogP contribution < -0.4 is 20.5 Å². The van der Waals surface area contributed by atoms with Crippen LogP contribution in [0.25, 0.3) is 0 Å². The lowest BCUT2D eigenvalue weighted by atomic mass is 10.1. The minimum Gasteiger partial charge on any atom is -0.493 e. The second kappa shape index (κ2) is 5.92. The molecule has 0 radical (unpaired) electrons. The van der Waals surface area contributed by atoms with E-state index in [-0.39, 0.29) is 5.91 Å². The van der Waals surface area contributed by atoms with Crippen molar-refractivity contribution in [3.8, 4) is 11.5 Å². The Balaban J connectivity index is 2.30. The quantitative estimate of drug-likeness (QED) is 0.831. The molecule has 0 spiro atoms. The predicted molar refractivity (Wildman–Crippen MR) is 76.1 cm³/mol. The average Bonchev–Trinajstić information content (AvgIpc) is 2.47. The highest BCUT2D eigenvalue weighted by molar-refractivity contribution is 6.08. The van der Waals surface area contributed by atoms with Gasteiger partial charge in [0.15, 0.2) is 11.5 Å². The highest BCUT2D eigenvalue weighted by Gasteiger charge is 2.15. The number of hydrogen-bond donors (Lipinski definition) is 2. The van der Waals surface area contributed by atoms with Gasteiger partial charge in [0.05, 0.1) is 19.8 Å². The summed E-state index contributed by atoms with van der Waals surface area (Å²) in [6, 6.07) is 6.48. The number of nitrogens with two attached hydrogens (primary N) is 1. The number of nitrogens with one attached hydrogen (secondary N) is 1. The lowest BCUT2D eigenvalue weighted by molar-refractivity contribution is 0.102. The molecule has 2 rings (SSSR count). The Morgan fingerprint density at radius 3 is 2.35 bits per heavy atom. The Labute approximate surface area is 116 Å². The number of nitrogen functional groups attached to an aromatic ring is 1. The van der Waals surface area contributed by atoms with Crippen LogP contribution in [0.2, 0.25) is 0 Å². The topological polar surface area (TPSA) is 86.5 Å². The van der Waals surface area contributed by atoms with Gasteiger partial charge in [0.1, 0.15) is 0 Å². The molecular weight excluding hydrogens is 258 g/mol. The monoisotopic (exact) mass is 273 g/mol. The number of amides is 1. The van der Waals surface area contributed by atoms with Crippen LogP contribution in [0, 0.1) is 0 Å². The van der Waals surface area contributed by atoms with Gasteiger partial charge in [0.25, 0.3) is 5.91 Å². The minimum absolute atomic E-state index is 0.314. The first-order valence-corrected chi connectivity index (χ1v) is 5.88. The molecule has 2 aromatic rings. The molecule has 0 aliphatic carbocycles. The number of benzene rings is 1. The molecule has 0 aliphatic rings. The number of ether oxygens (including phenoxy) is 2. The summed E-state index contributed by atoms with van der Waals surface area (Å²) in [5.41, 5.74) is 7.14. The van der Waals surface area contributed by atoms with Gasteiger partial charge in [0, 0.05) is 29.8 Å². The van der Waals surface area contributed by atoms with E-state index < -0.39 is 0 Å². The minimum atomic E-state index is -0.324. The largest absolute Gasteiger partial charge is 0.493 e. The lowest BCUT2D eigenvalue weighted by Crippen LogP contribution is -2.14. The summed E-state index contributed by atoms with van der Waals surface area (Å²) in [6.45, 7) is 0. The molecule has 1 heterocycles. The molecule has 1 amide bonds. The van der Waals surface area contributed by atoms with Crippen LogP contribution in [0.15, 0.2) is 36.7 Å². The summed E-state index contributed by atoms with van der Waals surface area (Å²) in [6.07, 6.45) is 3.18. The third-order valence-electron chi connectivity index (χ3n) is 2.74. The highest BCUT2D eigenvalue weighted by atomic mass is 16.5. The maximum Gasteiger partial charge on any atom is 0.257 e. The number of aromatic nitrogens is 1. The van der Waals surface area contributed by atoms with Crippen LogP contribution >= 0.6 is 0 Å². The van der Waals surface area contributed by atoms with E-state index in [0.717, 1.165) is 0 Å². The lowest BCUT2D eigenvalue weighted by Gasteiger charge is -2.12. The first kappa shape index (κ1) is 13.7. The molecule has 0 fully saturated rings. The van der Waals surface area contributed by atoms with Gasteiger partial charge in [-0.05, 0) is 18.2 Å². The number of pyridine rings is 1. The SMILES string of the molecule is COc1cc(N)c(C(=O)Nc2ccncc2)cc1OC. The molecule has 6 nitrogen and oxygen atoms in total. The third kappa shape index (κ3) is 2.80. The summed E-state index contributed by atoms with van der Waals surface area (Å²) < 4.78 is 10.3. The summed E-state index contributed by atoms with van der Waals surface area (Å²) in [7, 11) is 3.01. The molecule has 1 aromatic carbocycles. The van der Waals surface area contributed by atoms with Crippen LogP contribution in [0.1, 0.15) is 10.4 Å². The maximum atomic E-state index is 12.2. The third-order valence-corrected chi connectivity index (χ3v) is 2.74. The normalized spacial score (nSPS) is 9.90.